The number of para-hydroxylation sites is 1. The Balaban J connectivity index is 1.74. The van der Waals surface area contributed by atoms with Crippen molar-refractivity contribution >= 4 is 11.6 Å². The molecule has 2 unspecified atom stereocenters. The number of carbonyl (C=O) groups excluding carboxylic acids is 1. The Morgan fingerprint density at radius 2 is 2.10 bits per heavy atom. The number of benzene rings is 1. The monoisotopic (exact) mass is 286 g/mol. The Hall–Kier alpha value is -1.51. The molecule has 0 aromatic heterocycles. The van der Waals surface area contributed by atoms with Crippen LogP contribution in [0.4, 0.5) is 5.69 Å². The minimum absolute atomic E-state index is 0.0561. The van der Waals surface area contributed by atoms with E-state index in [1.807, 2.05) is 12.1 Å². The van der Waals surface area contributed by atoms with Crippen molar-refractivity contribution in [1.29, 1.82) is 0 Å². The number of rotatable bonds is 2. The van der Waals surface area contributed by atoms with E-state index in [-0.39, 0.29) is 5.92 Å². The molecule has 2 atom stereocenters. The summed E-state index contributed by atoms with van der Waals surface area (Å²) in [6.45, 7) is 5.06. The average molecular weight is 286 g/mol. The summed E-state index contributed by atoms with van der Waals surface area (Å²) >= 11 is 0. The quantitative estimate of drug-likeness (QED) is 0.900. The minimum Gasteiger partial charge on any atom is -0.385 e. The van der Waals surface area contributed by atoms with Crippen LogP contribution in [0.5, 0.6) is 0 Å². The molecule has 1 saturated heterocycles. The zero-order chi connectivity index (χ0) is 14.7. The van der Waals surface area contributed by atoms with Gasteiger partial charge in [-0.1, -0.05) is 31.5 Å². The number of carbonyl (C=O) groups is 1. The Morgan fingerprint density at radius 3 is 2.95 bits per heavy atom. The summed E-state index contributed by atoms with van der Waals surface area (Å²) < 4.78 is 0. The van der Waals surface area contributed by atoms with Gasteiger partial charge in [-0.05, 0) is 43.2 Å². The first-order valence-electron chi connectivity index (χ1n) is 8.41. The van der Waals surface area contributed by atoms with Gasteiger partial charge < -0.3 is 10.2 Å². The first-order valence-corrected chi connectivity index (χ1v) is 8.41. The second-order valence-corrected chi connectivity index (χ2v) is 6.39. The van der Waals surface area contributed by atoms with Gasteiger partial charge in [0, 0.05) is 25.3 Å². The third-order valence-electron chi connectivity index (χ3n) is 5.12. The molecule has 1 amide bonds. The molecule has 1 fully saturated rings. The molecule has 1 aromatic rings. The van der Waals surface area contributed by atoms with Crippen molar-refractivity contribution in [2.75, 3.05) is 25.0 Å². The zero-order valence-corrected chi connectivity index (χ0v) is 13.0. The lowest BCUT2D eigenvalue weighted by Gasteiger charge is -2.31. The highest BCUT2D eigenvalue weighted by atomic mass is 16.2. The SMILES string of the molecule is CCC1CCCN(C(=O)C2CCNc3ccccc32)CC1. The van der Waals surface area contributed by atoms with Crippen molar-refractivity contribution in [1.82, 2.24) is 4.90 Å². The van der Waals surface area contributed by atoms with Gasteiger partial charge in [-0.15, -0.1) is 0 Å². The molecular formula is C18H26N2O. The summed E-state index contributed by atoms with van der Waals surface area (Å²) in [6, 6.07) is 8.28. The molecule has 3 heteroatoms. The zero-order valence-electron chi connectivity index (χ0n) is 13.0. The number of hydrogen-bond donors (Lipinski definition) is 1. The van der Waals surface area contributed by atoms with Gasteiger partial charge in [0.25, 0.3) is 0 Å². The topological polar surface area (TPSA) is 32.3 Å². The van der Waals surface area contributed by atoms with E-state index < -0.39 is 0 Å². The van der Waals surface area contributed by atoms with Crippen LogP contribution in [0.2, 0.25) is 0 Å². The molecule has 3 nitrogen and oxygen atoms in total. The van der Waals surface area contributed by atoms with Crippen LogP contribution in [-0.4, -0.2) is 30.4 Å². The number of fused-ring (bicyclic) bond motifs is 1. The van der Waals surface area contributed by atoms with Gasteiger partial charge in [-0.25, -0.2) is 0 Å². The van der Waals surface area contributed by atoms with Crippen LogP contribution in [0.15, 0.2) is 24.3 Å². The van der Waals surface area contributed by atoms with Gasteiger partial charge in [0.15, 0.2) is 0 Å². The summed E-state index contributed by atoms with van der Waals surface area (Å²) in [5.74, 6) is 1.21. The molecule has 0 aliphatic carbocycles. The van der Waals surface area contributed by atoms with E-state index in [1.54, 1.807) is 0 Å². The van der Waals surface area contributed by atoms with Crippen molar-refractivity contribution in [2.45, 2.75) is 44.9 Å². The summed E-state index contributed by atoms with van der Waals surface area (Å²) in [7, 11) is 0. The van der Waals surface area contributed by atoms with E-state index in [4.69, 9.17) is 0 Å². The van der Waals surface area contributed by atoms with Crippen molar-refractivity contribution in [3.8, 4) is 0 Å². The highest BCUT2D eigenvalue weighted by Gasteiger charge is 2.30. The molecule has 0 bridgehead atoms. The molecule has 21 heavy (non-hydrogen) atoms. The lowest BCUT2D eigenvalue weighted by atomic mass is 9.89. The Morgan fingerprint density at radius 1 is 1.24 bits per heavy atom. The van der Waals surface area contributed by atoms with E-state index in [0.29, 0.717) is 5.91 Å². The molecule has 2 aliphatic heterocycles. The summed E-state index contributed by atoms with van der Waals surface area (Å²) in [5, 5.41) is 3.41. The van der Waals surface area contributed by atoms with Crippen molar-refractivity contribution in [3.63, 3.8) is 0 Å². The third kappa shape index (κ3) is 3.07. The van der Waals surface area contributed by atoms with Crippen LogP contribution < -0.4 is 5.32 Å². The van der Waals surface area contributed by atoms with E-state index in [0.717, 1.165) is 44.1 Å². The Labute approximate surface area is 127 Å². The smallest absolute Gasteiger partial charge is 0.230 e. The van der Waals surface area contributed by atoms with Crippen LogP contribution in [0.25, 0.3) is 0 Å². The van der Waals surface area contributed by atoms with Gasteiger partial charge >= 0.3 is 0 Å². The maximum Gasteiger partial charge on any atom is 0.230 e. The lowest BCUT2D eigenvalue weighted by Crippen LogP contribution is -2.38. The molecule has 0 saturated carbocycles. The van der Waals surface area contributed by atoms with Gasteiger partial charge in [0.2, 0.25) is 5.91 Å². The van der Waals surface area contributed by atoms with E-state index in [1.165, 1.54) is 24.8 Å². The molecule has 2 heterocycles. The first-order chi connectivity index (χ1) is 10.3. The van der Waals surface area contributed by atoms with Crippen LogP contribution in [0, 0.1) is 5.92 Å². The third-order valence-corrected chi connectivity index (χ3v) is 5.12. The number of amides is 1. The first kappa shape index (κ1) is 14.4. The highest BCUT2D eigenvalue weighted by molar-refractivity contribution is 5.86. The predicted molar refractivity (Wildman–Crippen MR) is 86.5 cm³/mol. The van der Waals surface area contributed by atoms with Crippen molar-refractivity contribution < 1.29 is 4.79 Å². The van der Waals surface area contributed by atoms with Crippen molar-refractivity contribution in [2.24, 2.45) is 5.92 Å². The molecule has 2 aliphatic rings. The number of hydrogen-bond acceptors (Lipinski definition) is 2. The number of anilines is 1. The van der Waals surface area contributed by atoms with Gasteiger partial charge in [0.05, 0.1) is 5.92 Å². The van der Waals surface area contributed by atoms with Crippen LogP contribution in [-0.2, 0) is 4.79 Å². The summed E-state index contributed by atoms with van der Waals surface area (Å²) in [4.78, 5) is 15.1. The summed E-state index contributed by atoms with van der Waals surface area (Å²) in [5.41, 5.74) is 2.33. The second kappa shape index (κ2) is 6.50. The molecule has 1 N–H and O–H groups in total. The normalized spacial score (nSPS) is 25.7. The number of likely N-dealkylation sites (tertiary alicyclic amines) is 1. The van der Waals surface area contributed by atoms with Gasteiger partial charge in [-0.2, -0.15) is 0 Å². The largest absolute Gasteiger partial charge is 0.385 e. The van der Waals surface area contributed by atoms with Crippen LogP contribution >= 0.6 is 0 Å². The highest BCUT2D eigenvalue weighted by Crippen LogP contribution is 2.33. The average Bonchev–Trinajstić information content (AvgIpc) is 2.79. The van der Waals surface area contributed by atoms with Crippen LogP contribution in [0.1, 0.15) is 50.5 Å². The molecule has 1 aromatic carbocycles. The maximum atomic E-state index is 13.0. The van der Waals surface area contributed by atoms with Gasteiger partial charge in [-0.3, -0.25) is 4.79 Å². The molecule has 114 valence electrons. The number of nitrogens with one attached hydrogen (secondary N) is 1. The second-order valence-electron chi connectivity index (χ2n) is 6.39. The molecule has 0 spiro atoms. The predicted octanol–water partition coefficient (Wildman–Crippen LogP) is 3.62. The molecule has 3 rings (SSSR count). The Bertz CT molecular complexity index is 500. The minimum atomic E-state index is 0.0561. The van der Waals surface area contributed by atoms with Crippen molar-refractivity contribution in [3.05, 3.63) is 29.8 Å². The number of nitrogens with zero attached hydrogens (tertiary/aromatic N) is 1. The Kier molecular flexibility index (Phi) is 4.47. The molecule has 0 radical (unpaired) electrons. The van der Waals surface area contributed by atoms with E-state index in [2.05, 4.69) is 29.3 Å². The van der Waals surface area contributed by atoms with Gasteiger partial charge in [0.1, 0.15) is 0 Å². The molecular weight excluding hydrogens is 260 g/mol. The fourth-order valence-electron chi connectivity index (χ4n) is 3.74. The van der Waals surface area contributed by atoms with E-state index in [9.17, 15) is 4.79 Å². The fraction of sp³-hybridized carbons (Fsp3) is 0.611. The lowest BCUT2D eigenvalue weighted by molar-refractivity contribution is -0.133. The van der Waals surface area contributed by atoms with Crippen LogP contribution in [0.3, 0.4) is 0 Å². The fourth-order valence-corrected chi connectivity index (χ4v) is 3.74. The summed E-state index contributed by atoms with van der Waals surface area (Å²) in [6.07, 6.45) is 5.79. The standard InChI is InChI=1S/C18H26N2O/c1-2-14-6-5-12-20(13-10-14)18(21)16-9-11-19-17-8-4-3-7-15(16)17/h3-4,7-8,14,16,19H,2,5-6,9-13H2,1H3. The maximum absolute atomic E-state index is 13.0. The van der Waals surface area contributed by atoms with E-state index >= 15 is 0 Å².